The average molecular weight is 156 g/mol. The third kappa shape index (κ3) is 1.18. The molecule has 2 aliphatic carbocycles. The normalized spacial score (nSPS) is 47.5. The molecule has 0 bridgehead atoms. The molecule has 11 heavy (non-hydrogen) atoms. The summed E-state index contributed by atoms with van der Waals surface area (Å²) in [5.74, 6) is 2.09. The van der Waals surface area contributed by atoms with Crippen molar-refractivity contribution in [2.24, 2.45) is 17.8 Å². The highest BCUT2D eigenvalue weighted by atomic mass is 16.5. The molecular weight excluding hydrogens is 140 g/mol. The van der Waals surface area contributed by atoms with E-state index in [1.54, 1.807) is 0 Å². The van der Waals surface area contributed by atoms with Crippen LogP contribution in [0.25, 0.3) is 0 Å². The van der Waals surface area contributed by atoms with Crippen LogP contribution in [0, 0.1) is 17.8 Å². The lowest BCUT2D eigenvalue weighted by atomic mass is 10.1. The second kappa shape index (κ2) is 2.76. The van der Waals surface area contributed by atoms with E-state index in [0.717, 1.165) is 25.6 Å². The first-order valence-electron chi connectivity index (χ1n) is 4.60. The maximum absolute atomic E-state index is 9.45. The molecule has 0 heterocycles. The highest BCUT2D eigenvalue weighted by molar-refractivity contribution is 5.05. The highest BCUT2D eigenvalue weighted by Crippen LogP contribution is 2.57. The van der Waals surface area contributed by atoms with Gasteiger partial charge in [0.05, 0.1) is 12.7 Å². The number of hydrogen-bond donors (Lipinski definition) is 1. The Hall–Kier alpha value is -0.0800. The zero-order valence-corrected chi connectivity index (χ0v) is 6.99. The maximum Gasteiger partial charge on any atom is 0.0574 e. The molecule has 0 saturated heterocycles. The Morgan fingerprint density at radius 3 is 2.82 bits per heavy atom. The number of fused-ring (bicyclic) bond motifs is 1. The van der Waals surface area contributed by atoms with Crippen molar-refractivity contribution in [3.63, 3.8) is 0 Å². The van der Waals surface area contributed by atoms with Gasteiger partial charge in [-0.05, 0) is 37.5 Å². The van der Waals surface area contributed by atoms with Crippen LogP contribution in [0.3, 0.4) is 0 Å². The van der Waals surface area contributed by atoms with Gasteiger partial charge in [-0.1, -0.05) is 0 Å². The monoisotopic (exact) mass is 156 g/mol. The molecule has 0 aliphatic heterocycles. The van der Waals surface area contributed by atoms with Crippen molar-refractivity contribution >= 4 is 0 Å². The van der Waals surface area contributed by atoms with Crippen LogP contribution < -0.4 is 0 Å². The first-order chi connectivity index (χ1) is 5.34. The zero-order chi connectivity index (χ0) is 7.84. The Balaban J connectivity index is 1.76. The van der Waals surface area contributed by atoms with E-state index in [1.165, 1.54) is 6.42 Å². The molecule has 0 aromatic carbocycles. The van der Waals surface area contributed by atoms with E-state index in [0.29, 0.717) is 11.8 Å². The Kier molecular flexibility index (Phi) is 1.90. The summed E-state index contributed by atoms with van der Waals surface area (Å²) < 4.78 is 5.33. The Labute approximate surface area is 67.6 Å². The van der Waals surface area contributed by atoms with Crippen molar-refractivity contribution < 1.29 is 9.84 Å². The fourth-order valence-corrected chi connectivity index (χ4v) is 2.50. The summed E-state index contributed by atoms with van der Waals surface area (Å²) >= 11 is 0. The van der Waals surface area contributed by atoms with E-state index in [4.69, 9.17) is 4.74 Å². The molecule has 0 radical (unpaired) electrons. The molecule has 2 aliphatic rings. The third-order valence-electron chi connectivity index (χ3n) is 3.15. The van der Waals surface area contributed by atoms with Gasteiger partial charge in [0.1, 0.15) is 0 Å². The molecule has 2 saturated carbocycles. The van der Waals surface area contributed by atoms with Gasteiger partial charge in [0, 0.05) is 6.61 Å². The smallest absolute Gasteiger partial charge is 0.0574 e. The van der Waals surface area contributed by atoms with Crippen LogP contribution in [-0.4, -0.2) is 24.4 Å². The lowest BCUT2D eigenvalue weighted by molar-refractivity contribution is 0.101. The summed E-state index contributed by atoms with van der Waals surface area (Å²) in [4.78, 5) is 0. The second-order valence-electron chi connectivity index (χ2n) is 3.71. The van der Waals surface area contributed by atoms with Gasteiger partial charge < -0.3 is 9.84 Å². The van der Waals surface area contributed by atoms with Gasteiger partial charge in [0.25, 0.3) is 0 Å². The van der Waals surface area contributed by atoms with E-state index >= 15 is 0 Å². The van der Waals surface area contributed by atoms with Gasteiger partial charge in [-0.2, -0.15) is 0 Å². The molecule has 0 aromatic rings. The van der Waals surface area contributed by atoms with Crippen LogP contribution in [0.1, 0.15) is 19.8 Å². The molecule has 4 atom stereocenters. The molecule has 0 aromatic heterocycles. The van der Waals surface area contributed by atoms with Gasteiger partial charge in [-0.3, -0.25) is 0 Å². The number of ether oxygens (including phenoxy) is 1. The zero-order valence-electron chi connectivity index (χ0n) is 6.99. The molecule has 2 rings (SSSR count). The average Bonchev–Trinajstić information content (AvgIpc) is 2.58. The van der Waals surface area contributed by atoms with E-state index in [1.807, 2.05) is 6.92 Å². The minimum atomic E-state index is -0.00884. The Morgan fingerprint density at radius 1 is 1.45 bits per heavy atom. The van der Waals surface area contributed by atoms with Gasteiger partial charge in [0.2, 0.25) is 0 Å². The van der Waals surface area contributed by atoms with E-state index in [9.17, 15) is 5.11 Å². The van der Waals surface area contributed by atoms with Crippen LogP contribution in [0.4, 0.5) is 0 Å². The van der Waals surface area contributed by atoms with Crippen molar-refractivity contribution in [3.05, 3.63) is 0 Å². The van der Waals surface area contributed by atoms with Crippen molar-refractivity contribution in [1.29, 1.82) is 0 Å². The maximum atomic E-state index is 9.45. The number of rotatable bonds is 3. The molecule has 2 heteroatoms. The SMILES string of the molecule is CCOCC1[C@H]2C(O)CC[C@@H]12. The third-order valence-corrected chi connectivity index (χ3v) is 3.15. The van der Waals surface area contributed by atoms with Gasteiger partial charge in [-0.25, -0.2) is 0 Å². The topological polar surface area (TPSA) is 29.5 Å². The predicted octanol–water partition coefficient (Wildman–Crippen LogP) is 1.04. The van der Waals surface area contributed by atoms with Gasteiger partial charge in [-0.15, -0.1) is 0 Å². The summed E-state index contributed by atoms with van der Waals surface area (Å²) in [6.07, 6.45) is 2.24. The van der Waals surface area contributed by atoms with E-state index in [2.05, 4.69) is 0 Å². The van der Waals surface area contributed by atoms with Crippen LogP contribution in [0.15, 0.2) is 0 Å². The molecular formula is C9H16O2. The summed E-state index contributed by atoms with van der Waals surface area (Å²) in [7, 11) is 0. The quantitative estimate of drug-likeness (QED) is 0.661. The molecule has 0 spiro atoms. The Bertz CT molecular complexity index is 146. The minimum Gasteiger partial charge on any atom is -0.393 e. The fourth-order valence-electron chi connectivity index (χ4n) is 2.50. The summed E-state index contributed by atoms with van der Waals surface area (Å²) in [5.41, 5.74) is 0. The number of aliphatic hydroxyl groups is 1. The molecule has 2 fully saturated rings. The molecule has 64 valence electrons. The first-order valence-corrected chi connectivity index (χ1v) is 4.60. The molecule has 2 nitrogen and oxygen atoms in total. The van der Waals surface area contributed by atoms with Crippen molar-refractivity contribution in [2.45, 2.75) is 25.9 Å². The number of hydrogen-bond acceptors (Lipinski definition) is 2. The summed E-state index contributed by atoms with van der Waals surface area (Å²) in [5, 5.41) is 9.45. The van der Waals surface area contributed by atoms with Crippen molar-refractivity contribution in [1.82, 2.24) is 0 Å². The van der Waals surface area contributed by atoms with E-state index in [-0.39, 0.29) is 6.10 Å². The van der Waals surface area contributed by atoms with Gasteiger partial charge in [0.15, 0.2) is 0 Å². The predicted molar refractivity (Wildman–Crippen MR) is 42.2 cm³/mol. The molecule has 0 amide bonds. The van der Waals surface area contributed by atoms with Crippen molar-refractivity contribution in [2.75, 3.05) is 13.2 Å². The van der Waals surface area contributed by atoms with Crippen LogP contribution >= 0.6 is 0 Å². The second-order valence-corrected chi connectivity index (χ2v) is 3.71. The van der Waals surface area contributed by atoms with Crippen molar-refractivity contribution in [3.8, 4) is 0 Å². The summed E-state index contributed by atoms with van der Waals surface area (Å²) in [6, 6.07) is 0. The summed E-state index contributed by atoms with van der Waals surface area (Å²) in [6.45, 7) is 3.71. The lowest BCUT2D eigenvalue weighted by Crippen LogP contribution is -2.10. The van der Waals surface area contributed by atoms with Crippen LogP contribution in [0.2, 0.25) is 0 Å². The highest BCUT2D eigenvalue weighted by Gasteiger charge is 2.57. The Morgan fingerprint density at radius 2 is 2.27 bits per heavy atom. The standard InChI is InChI=1S/C9H16O2/c1-2-11-5-7-6-3-4-8(10)9(6)7/h6-10H,2-5H2,1H3/t6-,7?,8?,9-/m0/s1. The molecule has 1 N–H and O–H groups in total. The largest absolute Gasteiger partial charge is 0.393 e. The number of aliphatic hydroxyl groups excluding tert-OH is 1. The lowest BCUT2D eigenvalue weighted by Gasteiger charge is -2.06. The molecule has 2 unspecified atom stereocenters. The van der Waals surface area contributed by atoms with Crippen LogP contribution in [0.5, 0.6) is 0 Å². The van der Waals surface area contributed by atoms with Crippen LogP contribution in [-0.2, 0) is 4.74 Å². The first kappa shape index (κ1) is 7.56. The van der Waals surface area contributed by atoms with E-state index < -0.39 is 0 Å². The van der Waals surface area contributed by atoms with Gasteiger partial charge >= 0.3 is 0 Å². The fraction of sp³-hybridized carbons (Fsp3) is 1.00. The minimum absolute atomic E-state index is 0.00884.